The molecule has 0 radical (unpaired) electrons. The van der Waals surface area contributed by atoms with Crippen LogP contribution in [0.15, 0.2) is 53.3 Å². The largest absolute Gasteiger partial charge is 0.504 e. The second-order valence-corrected chi connectivity index (χ2v) is 5.37. The summed E-state index contributed by atoms with van der Waals surface area (Å²) in [6.07, 6.45) is 3.28. The van der Waals surface area contributed by atoms with Gasteiger partial charge in [0.05, 0.1) is 5.69 Å². The molecule has 0 aliphatic heterocycles. The zero-order valence-corrected chi connectivity index (χ0v) is 12.8. The van der Waals surface area contributed by atoms with Gasteiger partial charge < -0.3 is 15.5 Å². The predicted molar refractivity (Wildman–Crippen MR) is 86.0 cm³/mol. The third-order valence-electron chi connectivity index (χ3n) is 2.89. The highest BCUT2D eigenvalue weighted by Gasteiger charge is 2.06. The first-order chi connectivity index (χ1) is 10.6. The van der Waals surface area contributed by atoms with E-state index in [-0.39, 0.29) is 11.5 Å². The monoisotopic (exact) mass is 358 g/mol. The lowest BCUT2D eigenvalue weighted by atomic mass is 10.1. The van der Waals surface area contributed by atoms with Crippen LogP contribution in [0.1, 0.15) is 0 Å². The molecule has 0 aliphatic rings. The normalized spacial score (nSPS) is 10.4. The van der Waals surface area contributed by atoms with Crippen LogP contribution < -0.4 is 5.32 Å². The fraction of sp³-hybridized carbons (Fsp3) is 0. The molecule has 1 aromatic carbocycles. The van der Waals surface area contributed by atoms with E-state index in [9.17, 15) is 10.2 Å². The average molecular weight is 359 g/mol. The standard InChI is InChI=1S/C15H11BrN4O2/c16-10-2-4-14(18-8-10)20-15-17-6-5-11(19-15)9-1-3-12(21)13(22)7-9/h1-8,21-22H,(H,17,18,19,20). The van der Waals surface area contributed by atoms with E-state index in [1.807, 2.05) is 6.07 Å². The number of aromatic hydroxyl groups is 2. The smallest absolute Gasteiger partial charge is 0.228 e. The highest BCUT2D eigenvalue weighted by Crippen LogP contribution is 2.29. The Balaban J connectivity index is 1.88. The Morgan fingerprint density at radius 1 is 0.955 bits per heavy atom. The van der Waals surface area contributed by atoms with Gasteiger partial charge in [0.1, 0.15) is 5.82 Å². The number of hydrogen-bond donors (Lipinski definition) is 3. The second-order valence-electron chi connectivity index (χ2n) is 4.46. The van der Waals surface area contributed by atoms with Crippen LogP contribution in [0, 0.1) is 0 Å². The molecule has 3 aromatic rings. The number of phenolic OH excluding ortho intramolecular Hbond substituents is 2. The topological polar surface area (TPSA) is 91.2 Å². The maximum atomic E-state index is 9.57. The molecule has 0 amide bonds. The molecule has 2 aromatic heterocycles. The molecule has 0 saturated carbocycles. The number of halogens is 1. The molecule has 0 aliphatic carbocycles. The van der Waals surface area contributed by atoms with Gasteiger partial charge in [0, 0.05) is 22.4 Å². The minimum Gasteiger partial charge on any atom is -0.504 e. The number of benzene rings is 1. The van der Waals surface area contributed by atoms with E-state index < -0.39 is 0 Å². The maximum absolute atomic E-state index is 9.57. The zero-order chi connectivity index (χ0) is 15.5. The lowest BCUT2D eigenvalue weighted by molar-refractivity contribution is 0.404. The number of hydrogen-bond acceptors (Lipinski definition) is 6. The summed E-state index contributed by atoms with van der Waals surface area (Å²) in [6, 6.07) is 9.89. The molecule has 6 nitrogen and oxygen atoms in total. The van der Waals surface area contributed by atoms with Crippen molar-refractivity contribution >= 4 is 27.7 Å². The van der Waals surface area contributed by atoms with Gasteiger partial charge >= 0.3 is 0 Å². The van der Waals surface area contributed by atoms with Crippen LogP contribution >= 0.6 is 15.9 Å². The van der Waals surface area contributed by atoms with Crippen molar-refractivity contribution in [2.45, 2.75) is 0 Å². The van der Waals surface area contributed by atoms with Crippen LogP contribution in [0.3, 0.4) is 0 Å². The quantitative estimate of drug-likeness (QED) is 0.621. The fourth-order valence-electron chi connectivity index (χ4n) is 1.83. The number of rotatable bonds is 3. The Hall–Kier alpha value is -2.67. The van der Waals surface area contributed by atoms with Crippen molar-refractivity contribution in [3.63, 3.8) is 0 Å². The SMILES string of the molecule is Oc1ccc(-c2ccnc(Nc3ccc(Br)cn3)n2)cc1O. The lowest BCUT2D eigenvalue weighted by Crippen LogP contribution is -1.99. The van der Waals surface area contributed by atoms with Crippen LogP contribution in [0.5, 0.6) is 11.5 Å². The summed E-state index contributed by atoms with van der Waals surface area (Å²) in [6.45, 7) is 0. The first-order valence-electron chi connectivity index (χ1n) is 6.36. The van der Waals surface area contributed by atoms with Crippen molar-refractivity contribution in [3.05, 3.63) is 53.3 Å². The molecule has 0 bridgehead atoms. The lowest BCUT2D eigenvalue weighted by Gasteiger charge is -2.07. The van der Waals surface area contributed by atoms with Gasteiger partial charge in [-0.3, -0.25) is 0 Å². The van der Waals surface area contributed by atoms with Gasteiger partial charge in [-0.05, 0) is 52.3 Å². The Labute approximate surface area is 134 Å². The molecule has 0 fully saturated rings. The molecule has 0 unspecified atom stereocenters. The average Bonchev–Trinajstić information content (AvgIpc) is 2.53. The number of nitrogens with one attached hydrogen (secondary N) is 1. The molecule has 7 heteroatoms. The first-order valence-corrected chi connectivity index (χ1v) is 7.15. The summed E-state index contributed by atoms with van der Waals surface area (Å²) in [7, 11) is 0. The molecule has 3 N–H and O–H groups in total. The molecule has 0 spiro atoms. The van der Waals surface area contributed by atoms with Gasteiger partial charge in [-0.25, -0.2) is 15.0 Å². The van der Waals surface area contributed by atoms with E-state index in [0.29, 0.717) is 23.0 Å². The molecular formula is C15H11BrN4O2. The van der Waals surface area contributed by atoms with Crippen LogP contribution in [0.2, 0.25) is 0 Å². The number of anilines is 2. The van der Waals surface area contributed by atoms with Crippen molar-refractivity contribution in [1.29, 1.82) is 0 Å². The van der Waals surface area contributed by atoms with Crippen LogP contribution in [0.25, 0.3) is 11.3 Å². The molecule has 2 heterocycles. The molecule has 22 heavy (non-hydrogen) atoms. The second kappa shape index (κ2) is 5.98. The van der Waals surface area contributed by atoms with Crippen molar-refractivity contribution in [2.75, 3.05) is 5.32 Å². The predicted octanol–water partition coefficient (Wildman–Crippen LogP) is 3.46. The summed E-state index contributed by atoms with van der Waals surface area (Å²) in [5, 5.41) is 21.9. The number of pyridine rings is 1. The summed E-state index contributed by atoms with van der Waals surface area (Å²) >= 11 is 3.32. The van der Waals surface area contributed by atoms with E-state index >= 15 is 0 Å². The van der Waals surface area contributed by atoms with Gasteiger partial charge in [0.2, 0.25) is 5.95 Å². The summed E-state index contributed by atoms with van der Waals surface area (Å²) in [4.78, 5) is 12.7. The Bertz CT molecular complexity index is 809. The Morgan fingerprint density at radius 3 is 2.55 bits per heavy atom. The summed E-state index contributed by atoms with van der Waals surface area (Å²) < 4.78 is 0.882. The number of nitrogens with zero attached hydrogens (tertiary/aromatic N) is 3. The van der Waals surface area contributed by atoms with Crippen molar-refractivity contribution < 1.29 is 10.2 Å². The highest BCUT2D eigenvalue weighted by atomic mass is 79.9. The molecule has 0 saturated heterocycles. The van der Waals surface area contributed by atoms with Crippen LogP contribution in [-0.2, 0) is 0 Å². The molecular weight excluding hydrogens is 348 g/mol. The van der Waals surface area contributed by atoms with Crippen LogP contribution in [0.4, 0.5) is 11.8 Å². The Morgan fingerprint density at radius 2 is 1.82 bits per heavy atom. The first kappa shape index (κ1) is 14.3. The van der Waals surface area contributed by atoms with Gasteiger partial charge in [0.25, 0.3) is 0 Å². The van der Waals surface area contributed by atoms with E-state index in [0.717, 1.165) is 4.47 Å². The summed E-state index contributed by atoms with van der Waals surface area (Å²) in [5.74, 6) is 0.643. The summed E-state index contributed by atoms with van der Waals surface area (Å²) in [5.41, 5.74) is 1.29. The van der Waals surface area contributed by atoms with E-state index in [1.54, 1.807) is 30.6 Å². The van der Waals surface area contributed by atoms with Gasteiger partial charge in [-0.1, -0.05) is 0 Å². The van der Waals surface area contributed by atoms with Crippen molar-refractivity contribution in [1.82, 2.24) is 15.0 Å². The van der Waals surface area contributed by atoms with Crippen LogP contribution in [-0.4, -0.2) is 25.2 Å². The van der Waals surface area contributed by atoms with E-state index in [1.165, 1.54) is 12.1 Å². The van der Waals surface area contributed by atoms with Gasteiger partial charge in [-0.2, -0.15) is 0 Å². The van der Waals surface area contributed by atoms with Crippen molar-refractivity contribution in [3.8, 4) is 22.8 Å². The maximum Gasteiger partial charge on any atom is 0.228 e. The van der Waals surface area contributed by atoms with E-state index in [4.69, 9.17) is 0 Å². The zero-order valence-electron chi connectivity index (χ0n) is 11.2. The molecule has 110 valence electrons. The van der Waals surface area contributed by atoms with E-state index in [2.05, 4.69) is 36.2 Å². The van der Waals surface area contributed by atoms with Gasteiger partial charge in [0.15, 0.2) is 11.5 Å². The van der Waals surface area contributed by atoms with Gasteiger partial charge in [-0.15, -0.1) is 0 Å². The highest BCUT2D eigenvalue weighted by molar-refractivity contribution is 9.10. The minimum absolute atomic E-state index is 0.171. The fourth-order valence-corrected chi connectivity index (χ4v) is 2.06. The minimum atomic E-state index is -0.194. The number of aromatic nitrogens is 3. The van der Waals surface area contributed by atoms with Crippen molar-refractivity contribution in [2.24, 2.45) is 0 Å². The molecule has 3 rings (SSSR count). The molecule has 0 atom stereocenters. The third kappa shape index (κ3) is 3.15. The number of phenols is 2. The third-order valence-corrected chi connectivity index (χ3v) is 3.36. The Kier molecular flexibility index (Phi) is 3.88.